The van der Waals surface area contributed by atoms with E-state index < -0.39 is 0 Å². The number of piperidine rings is 1. The van der Waals surface area contributed by atoms with Crippen LogP contribution in [-0.4, -0.2) is 42.5 Å². The number of amides is 1. The smallest absolute Gasteiger partial charge is 0.223 e. The molecule has 0 radical (unpaired) electrons. The van der Waals surface area contributed by atoms with Crippen molar-refractivity contribution in [2.24, 2.45) is 29.4 Å². The molecular weight excluding hydrogens is 286 g/mol. The maximum atomic E-state index is 12.7. The molecule has 2 atom stereocenters. The van der Waals surface area contributed by atoms with E-state index in [0.29, 0.717) is 29.8 Å². The third kappa shape index (κ3) is 3.74. The lowest BCUT2D eigenvalue weighted by atomic mass is 9.65. The minimum atomic E-state index is 0.231. The van der Waals surface area contributed by atoms with Crippen molar-refractivity contribution in [2.45, 2.75) is 69.9 Å². The molecule has 3 N–H and O–H groups in total. The van der Waals surface area contributed by atoms with Gasteiger partial charge in [-0.2, -0.15) is 0 Å². The second-order valence-corrected chi connectivity index (χ2v) is 8.72. The molecule has 4 heteroatoms. The number of carbonyl (C=O) groups excluding carboxylic acids is 1. The normalized spacial score (nSPS) is 39.2. The summed E-state index contributed by atoms with van der Waals surface area (Å²) in [4.78, 5) is 15.3. The van der Waals surface area contributed by atoms with Crippen LogP contribution in [0.3, 0.4) is 0 Å². The summed E-state index contributed by atoms with van der Waals surface area (Å²) in [7, 11) is 0. The number of likely N-dealkylation sites (tertiary alicyclic amines) is 1. The minimum absolute atomic E-state index is 0.231. The van der Waals surface area contributed by atoms with E-state index in [0.717, 1.165) is 31.6 Å². The van der Waals surface area contributed by atoms with Gasteiger partial charge in [-0.3, -0.25) is 4.79 Å². The monoisotopic (exact) mass is 319 g/mol. The van der Waals surface area contributed by atoms with E-state index in [1.807, 2.05) is 0 Å². The molecule has 4 fully saturated rings. The molecule has 0 aromatic carbocycles. The standard InChI is InChI=1S/C19H33N3O/c20-18-14-2-1-3-15(18)11-16(10-14)19(23)21-17-6-8-22(9-7-17)12-13-4-5-13/h13-18H,1-12,20H2,(H,21,23). The Morgan fingerprint density at radius 2 is 1.65 bits per heavy atom. The van der Waals surface area contributed by atoms with Crippen molar-refractivity contribution in [2.75, 3.05) is 19.6 Å². The molecule has 0 aromatic rings. The summed E-state index contributed by atoms with van der Waals surface area (Å²) in [5.41, 5.74) is 6.35. The molecule has 1 aliphatic heterocycles. The van der Waals surface area contributed by atoms with Crippen molar-refractivity contribution < 1.29 is 4.79 Å². The largest absolute Gasteiger partial charge is 0.353 e. The molecule has 2 unspecified atom stereocenters. The maximum absolute atomic E-state index is 12.7. The van der Waals surface area contributed by atoms with Gasteiger partial charge in [-0.1, -0.05) is 6.42 Å². The van der Waals surface area contributed by atoms with E-state index in [-0.39, 0.29) is 5.92 Å². The van der Waals surface area contributed by atoms with Crippen LogP contribution >= 0.6 is 0 Å². The quantitative estimate of drug-likeness (QED) is 0.834. The average Bonchev–Trinajstić information content (AvgIpc) is 3.33. The first-order chi connectivity index (χ1) is 11.2. The highest BCUT2D eigenvalue weighted by atomic mass is 16.1. The fourth-order valence-corrected chi connectivity index (χ4v) is 5.25. The molecule has 1 saturated heterocycles. The van der Waals surface area contributed by atoms with Crippen molar-refractivity contribution in [1.29, 1.82) is 0 Å². The van der Waals surface area contributed by atoms with Crippen LogP contribution < -0.4 is 11.1 Å². The van der Waals surface area contributed by atoms with Crippen LogP contribution in [0.2, 0.25) is 0 Å². The number of fused-ring (bicyclic) bond motifs is 2. The Kier molecular flexibility index (Phi) is 4.64. The van der Waals surface area contributed by atoms with Crippen molar-refractivity contribution in [3.05, 3.63) is 0 Å². The highest BCUT2D eigenvalue weighted by Crippen LogP contribution is 2.42. The topological polar surface area (TPSA) is 58.4 Å². The SMILES string of the molecule is NC1C2CCCC1CC(C(=O)NC1CCN(CC3CC3)CC1)C2. The van der Waals surface area contributed by atoms with E-state index in [4.69, 9.17) is 5.73 Å². The zero-order valence-electron chi connectivity index (χ0n) is 14.4. The van der Waals surface area contributed by atoms with Crippen LogP contribution in [0.15, 0.2) is 0 Å². The molecule has 1 amide bonds. The van der Waals surface area contributed by atoms with E-state index in [9.17, 15) is 4.79 Å². The third-order valence-electron chi connectivity index (χ3n) is 6.93. The lowest BCUT2D eigenvalue weighted by Gasteiger charge is -2.44. The lowest BCUT2D eigenvalue weighted by Crippen LogP contribution is -2.51. The summed E-state index contributed by atoms with van der Waals surface area (Å²) >= 11 is 0. The number of rotatable bonds is 4. The van der Waals surface area contributed by atoms with Crippen molar-refractivity contribution in [3.63, 3.8) is 0 Å². The zero-order chi connectivity index (χ0) is 15.8. The molecule has 0 spiro atoms. The second kappa shape index (κ2) is 6.72. The average molecular weight is 319 g/mol. The number of nitrogens with one attached hydrogen (secondary N) is 1. The van der Waals surface area contributed by atoms with Gasteiger partial charge in [0.05, 0.1) is 0 Å². The molecule has 3 aliphatic carbocycles. The van der Waals surface area contributed by atoms with Gasteiger partial charge in [-0.15, -0.1) is 0 Å². The minimum Gasteiger partial charge on any atom is -0.353 e. The summed E-state index contributed by atoms with van der Waals surface area (Å²) in [6.45, 7) is 3.63. The van der Waals surface area contributed by atoms with Crippen molar-refractivity contribution in [3.8, 4) is 0 Å². The second-order valence-electron chi connectivity index (χ2n) is 8.72. The third-order valence-corrected chi connectivity index (χ3v) is 6.93. The summed E-state index contributed by atoms with van der Waals surface area (Å²) in [6, 6.07) is 0.770. The van der Waals surface area contributed by atoms with Gasteiger partial charge in [0.1, 0.15) is 0 Å². The Hall–Kier alpha value is -0.610. The number of carbonyl (C=O) groups is 1. The molecular formula is C19H33N3O. The Balaban J connectivity index is 1.24. The number of hydrogen-bond acceptors (Lipinski definition) is 3. The first kappa shape index (κ1) is 15.9. The van der Waals surface area contributed by atoms with Crippen LogP contribution in [0.4, 0.5) is 0 Å². The Labute approximate surface area is 140 Å². The first-order valence-electron chi connectivity index (χ1n) is 9.97. The highest BCUT2D eigenvalue weighted by molar-refractivity contribution is 5.79. The van der Waals surface area contributed by atoms with E-state index in [2.05, 4.69) is 10.2 Å². The molecule has 3 saturated carbocycles. The Bertz CT molecular complexity index is 414. The van der Waals surface area contributed by atoms with Crippen molar-refractivity contribution >= 4 is 5.91 Å². The van der Waals surface area contributed by atoms with Gasteiger partial charge in [0.15, 0.2) is 0 Å². The van der Waals surface area contributed by atoms with Crippen LogP contribution in [0.5, 0.6) is 0 Å². The summed E-state index contributed by atoms with van der Waals surface area (Å²) in [5.74, 6) is 2.73. The molecule has 4 aliphatic rings. The number of nitrogens with zero attached hydrogens (tertiary/aromatic N) is 1. The Morgan fingerprint density at radius 1 is 1.00 bits per heavy atom. The highest BCUT2D eigenvalue weighted by Gasteiger charge is 2.41. The van der Waals surface area contributed by atoms with Crippen molar-refractivity contribution in [1.82, 2.24) is 10.2 Å². The van der Waals surface area contributed by atoms with E-state index in [1.165, 1.54) is 51.7 Å². The van der Waals surface area contributed by atoms with E-state index >= 15 is 0 Å². The van der Waals surface area contributed by atoms with Crippen LogP contribution in [0.25, 0.3) is 0 Å². The summed E-state index contributed by atoms with van der Waals surface area (Å²) < 4.78 is 0. The fourth-order valence-electron chi connectivity index (χ4n) is 5.25. The van der Waals surface area contributed by atoms with E-state index in [1.54, 1.807) is 0 Å². The molecule has 130 valence electrons. The molecule has 23 heavy (non-hydrogen) atoms. The number of hydrogen-bond donors (Lipinski definition) is 2. The Morgan fingerprint density at radius 3 is 2.26 bits per heavy atom. The van der Waals surface area contributed by atoms with Gasteiger partial charge >= 0.3 is 0 Å². The van der Waals surface area contributed by atoms with Gasteiger partial charge in [-0.05, 0) is 69.1 Å². The molecule has 2 bridgehead atoms. The van der Waals surface area contributed by atoms with Crippen LogP contribution in [-0.2, 0) is 4.79 Å². The predicted octanol–water partition coefficient (Wildman–Crippen LogP) is 2.13. The van der Waals surface area contributed by atoms with Crippen LogP contribution in [0, 0.1) is 23.7 Å². The molecule has 0 aromatic heterocycles. The van der Waals surface area contributed by atoms with Gasteiger partial charge in [0.2, 0.25) is 5.91 Å². The summed E-state index contributed by atoms with van der Waals surface area (Å²) in [6.07, 6.45) is 11.0. The number of nitrogens with two attached hydrogens (primary N) is 1. The lowest BCUT2D eigenvalue weighted by molar-refractivity contribution is -0.129. The van der Waals surface area contributed by atoms with Gasteiger partial charge in [-0.25, -0.2) is 0 Å². The predicted molar refractivity (Wildman–Crippen MR) is 91.9 cm³/mol. The van der Waals surface area contributed by atoms with Gasteiger partial charge < -0.3 is 16.0 Å². The van der Waals surface area contributed by atoms with Crippen LogP contribution in [0.1, 0.15) is 57.8 Å². The first-order valence-corrected chi connectivity index (χ1v) is 9.97. The fraction of sp³-hybridized carbons (Fsp3) is 0.947. The van der Waals surface area contributed by atoms with Gasteiger partial charge in [0.25, 0.3) is 0 Å². The maximum Gasteiger partial charge on any atom is 0.223 e. The molecule has 4 rings (SSSR count). The van der Waals surface area contributed by atoms with Gasteiger partial charge in [0, 0.05) is 37.6 Å². The molecule has 1 heterocycles. The summed E-state index contributed by atoms with van der Waals surface area (Å²) in [5, 5.41) is 3.38. The molecule has 4 nitrogen and oxygen atoms in total. The zero-order valence-corrected chi connectivity index (χ0v) is 14.4.